The Morgan fingerprint density at radius 2 is 1.71 bits per heavy atom. The van der Waals surface area contributed by atoms with Gasteiger partial charge in [-0.2, -0.15) is 0 Å². The average Bonchev–Trinajstić information content (AvgIpc) is 3.13. The second-order valence-electron chi connectivity index (χ2n) is 6.57. The molecule has 2 aromatic rings. The van der Waals surface area contributed by atoms with Gasteiger partial charge in [0, 0.05) is 24.3 Å². The van der Waals surface area contributed by atoms with Gasteiger partial charge < -0.3 is 10.0 Å². The van der Waals surface area contributed by atoms with Crippen molar-refractivity contribution >= 4 is 11.9 Å². The quantitative estimate of drug-likeness (QED) is 0.919. The molecule has 1 aliphatic heterocycles. The number of rotatable bonds is 4. The second kappa shape index (κ2) is 5.74. The summed E-state index contributed by atoms with van der Waals surface area (Å²) in [4.78, 5) is 25.9. The molecule has 24 heavy (non-hydrogen) atoms. The van der Waals surface area contributed by atoms with Crippen LogP contribution in [0.1, 0.15) is 23.2 Å². The van der Waals surface area contributed by atoms with E-state index in [0.717, 1.165) is 18.5 Å². The van der Waals surface area contributed by atoms with E-state index in [2.05, 4.69) is 10.2 Å². The third-order valence-corrected chi connectivity index (χ3v) is 5.03. The summed E-state index contributed by atoms with van der Waals surface area (Å²) in [5, 5.41) is 16.9. The Bertz CT molecular complexity index is 753. The van der Waals surface area contributed by atoms with E-state index >= 15 is 0 Å². The molecule has 1 amide bonds. The van der Waals surface area contributed by atoms with Crippen LogP contribution in [0.3, 0.4) is 0 Å². The van der Waals surface area contributed by atoms with E-state index in [9.17, 15) is 14.7 Å². The van der Waals surface area contributed by atoms with Crippen LogP contribution in [-0.4, -0.2) is 49.7 Å². The number of carboxylic acid groups (broad SMARTS) is 1. The summed E-state index contributed by atoms with van der Waals surface area (Å²) in [6.07, 6.45) is 5.36. The maximum Gasteiger partial charge on any atom is 0.308 e. The zero-order valence-corrected chi connectivity index (χ0v) is 13.1. The number of carboxylic acids is 1. The molecule has 2 fully saturated rings. The molecule has 1 saturated carbocycles. The minimum Gasteiger partial charge on any atom is -0.481 e. The van der Waals surface area contributed by atoms with Crippen molar-refractivity contribution in [1.29, 1.82) is 0 Å². The summed E-state index contributed by atoms with van der Waals surface area (Å²) in [6.45, 7) is 0.857. The Morgan fingerprint density at radius 3 is 2.29 bits per heavy atom. The standard InChI is InChI=1S/C17H18N4O3/c22-16(12-3-5-13(6-4-12)21-9-18-19-10-21)20-7-14(11-1-2-11)15(8-20)17(23)24/h3-6,9-11,14-15H,1-2,7-8H2,(H,23,24)/t14-,15+/m1/s1. The molecular formula is C17H18N4O3. The smallest absolute Gasteiger partial charge is 0.308 e. The van der Waals surface area contributed by atoms with Gasteiger partial charge in [0.2, 0.25) is 0 Å². The second-order valence-corrected chi connectivity index (χ2v) is 6.57. The van der Waals surface area contributed by atoms with E-state index in [1.165, 1.54) is 0 Å². The fraction of sp³-hybridized carbons (Fsp3) is 0.412. The average molecular weight is 326 g/mol. The Hall–Kier alpha value is -2.70. The summed E-state index contributed by atoms with van der Waals surface area (Å²) in [5.74, 6) is -0.745. The van der Waals surface area contributed by atoms with Crippen molar-refractivity contribution in [3.8, 4) is 5.69 Å². The van der Waals surface area contributed by atoms with Gasteiger partial charge in [-0.05, 0) is 48.9 Å². The number of aromatic nitrogens is 3. The van der Waals surface area contributed by atoms with Crippen molar-refractivity contribution in [1.82, 2.24) is 19.7 Å². The Balaban J connectivity index is 1.50. The lowest BCUT2D eigenvalue weighted by atomic mass is 9.92. The molecule has 124 valence electrons. The highest BCUT2D eigenvalue weighted by molar-refractivity contribution is 5.95. The third kappa shape index (κ3) is 2.66. The van der Waals surface area contributed by atoms with Crippen molar-refractivity contribution in [2.75, 3.05) is 13.1 Å². The SMILES string of the molecule is O=C(O)[C@H]1CN(C(=O)c2ccc(-n3cnnc3)cc2)C[C@@H]1C1CC1. The van der Waals surface area contributed by atoms with Gasteiger partial charge >= 0.3 is 5.97 Å². The molecule has 2 aliphatic rings. The van der Waals surface area contributed by atoms with Crippen LogP contribution in [-0.2, 0) is 4.79 Å². The molecule has 0 spiro atoms. The lowest BCUT2D eigenvalue weighted by Gasteiger charge is -2.16. The topological polar surface area (TPSA) is 88.3 Å². The first-order valence-electron chi connectivity index (χ1n) is 8.10. The van der Waals surface area contributed by atoms with Crippen LogP contribution < -0.4 is 0 Å². The number of likely N-dealkylation sites (tertiary alicyclic amines) is 1. The van der Waals surface area contributed by atoms with E-state index in [1.807, 2.05) is 12.1 Å². The number of aliphatic carboxylic acids is 1. The van der Waals surface area contributed by atoms with Gasteiger partial charge in [0.25, 0.3) is 5.91 Å². The normalized spacial score (nSPS) is 23.4. The van der Waals surface area contributed by atoms with Crippen molar-refractivity contribution < 1.29 is 14.7 Å². The van der Waals surface area contributed by atoms with Crippen molar-refractivity contribution in [3.05, 3.63) is 42.5 Å². The fourth-order valence-corrected chi connectivity index (χ4v) is 3.55. The van der Waals surface area contributed by atoms with E-state index in [-0.39, 0.29) is 11.8 Å². The van der Waals surface area contributed by atoms with Crippen LogP contribution in [0.4, 0.5) is 0 Å². The number of nitrogens with zero attached hydrogens (tertiary/aromatic N) is 4. The zero-order chi connectivity index (χ0) is 16.7. The molecule has 4 rings (SSSR count). The molecule has 7 nitrogen and oxygen atoms in total. The van der Waals surface area contributed by atoms with Gasteiger partial charge in [0.05, 0.1) is 5.92 Å². The highest BCUT2D eigenvalue weighted by Gasteiger charge is 2.46. The highest BCUT2D eigenvalue weighted by atomic mass is 16.4. The number of amides is 1. The molecule has 0 unspecified atom stereocenters. The highest BCUT2D eigenvalue weighted by Crippen LogP contribution is 2.44. The third-order valence-electron chi connectivity index (χ3n) is 5.03. The molecule has 1 aromatic heterocycles. The van der Waals surface area contributed by atoms with Crippen LogP contribution >= 0.6 is 0 Å². The van der Waals surface area contributed by atoms with Crippen LogP contribution in [0.15, 0.2) is 36.9 Å². The predicted octanol–water partition coefficient (Wildman–Crippen LogP) is 1.45. The van der Waals surface area contributed by atoms with Crippen LogP contribution in [0.2, 0.25) is 0 Å². The number of carbonyl (C=O) groups is 2. The summed E-state index contributed by atoms with van der Waals surface area (Å²) < 4.78 is 1.76. The zero-order valence-electron chi connectivity index (χ0n) is 13.1. The first kappa shape index (κ1) is 14.9. The van der Waals surface area contributed by atoms with Crippen LogP contribution in [0, 0.1) is 17.8 Å². The maximum absolute atomic E-state index is 12.7. The first-order valence-corrected chi connectivity index (χ1v) is 8.10. The molecule has 1 saturated heterocycles. The van der Waals surface area contributed by atoms with Crippen LogP contribution in [0.25, 0.3) is 5.69 Å². The summed E-state index contributed by atoms with van der Waals surface area (Å²) in [6, 6.07) is 7.19. The minimum absolute atomic E-state index is 0.0975. The summed E-state index contributed by atoms with van der Waals surface area (Å²) in [5.41, 5.74) is 1.45. The number of carbonyl (C=O) groups excluding carboxylic acids is 1. The van der Waals surface area contributed by atoms with E-state index in [0.29, 0.717) is 24.6 Å². The van der Waals surface area contributed by atoms with Gasteiger partial charge in [0.1, 0.15) is 12.7 Å². The van der Waals surface area contributed by atoms with Crippen molar-refractivity contribution in [3.63, 3.8) is 0 Å². The Labute approximate surface area is 138 Å². The Kier molecular flexibility index (Phi) is 3.55. The van der Waals surface area contributed by atoms with Gasteiger partial charge in [-0.1, -0.05) is 0 Å². The van der Waals surface area contributed by atoms with E-state index in [4.69, 9.17) is 0 Å². The molecule has 2 heterocycles. The number of hydrogen-bond donors (Lipinski definition) is 1. The molecule has 0 radical (unpaired) electrons. The molecule has 1 aliphatic carbocycles. The monoisotopic (exact) mass is 326 g/mol. The molecule has 2 atom stereocenters. The molecular weight excluding hydrogens is 308 g/mol. The largest absolute Gasteiger partial charge is 0.481 e. The van der Waals surface area contributed by atoms with E-state index in [1.54, 1.807) is 34.3 Å². The maximum atomic E-state index is 12.7. The molecule has 1 aromatic carbocycles. The molecule has 0 bridgehead atoms. The fourth-order valence-electron chi connectivity index (χ4n) is 3.55. The van der Waals surface area contributed by atoms with Crippen LogP contribution in [0.5, 0.6) is 0 Å². The van der Waals surface area contributed by atoms with E-state index < -0.39 is 11.9 Å². The van der Waals surface area contributed by atoms with Gasteiger partial charge in [-0.3, -0.25) is 14.2 Å². The molecule has 7 heteroatoms. The van der Waals surface area contributed by atoms with Crippen molar-refractivity contribution in [2.24, 2.45) is 17.8 Å². The minimum atomic E-state index is -0.787. The Morgan fingerprint density at radius 1 is 1.04 bits per heavy atom. The summed E-state index contributed by atoms with van der Waals surface area (Å²) in [7, 11) is 0. The van der Waals surface area contributed by atoms with Gasteiger partial charge in [-0.25, -0.2) is 0 Å². The lowest BCUT2D eigenvalue weighted by molar-refractivity contribution is -0.142. The predicted molar refractivity (Wildman–Crippen MR) is 84.6 cm³/mol. The van der Waals surface area contributed by atoms with Crippen molar-refractivity contribution in [2.45, 2.75) is 12.8 Å². The molecule has 1 N–H and O–H groups in total. The first-order chi connectivity index (χ1) is 11.6. The number of hydrogen-bond acceptors (Lipinski definition) is 4. The lowest BCUT2D eigenvalue weighted by Crippen LogP contribution is -2.29. The van der Waals surface area contributed by atoms with Gasteiger partial charge in [-0.15, -0.1) is 10.2 Å². The summed E-state index contributed by atoms with van der Waals surface area (Å²) >= 11 is 0. The number of benzene rings is 1. The van der Waals surface area contributed by atoms with Gasteiger partial charge in [0.15, 0.2) is 0 Å².